The van der Waals surface area contributed by atoms with Gasteiger partial charge in [-0.3, -0.25) is 0 Å². The summed E-state index contributed by atoms with van der Waals surface area (Å²) in [5, 5.41) is 0. The summed E-state index contributed by atoms with van der Waals surface area (Å²) in [5.41, 5.74) is 2.70. The maximum Gasteiger partial charge on any atom is 0.184 e. The Morgan fingerprint density at radius 3 is 2.69 bits per heavy atom. The lowest BCUT2D eigenvalue weighted by molar-refractivity contribution is 1.50. The van der Waals surface area contributed by atoms with Crippen molar-refractivity contribution >= 4 is 55.9 Å². The average molecular weight is 228 g/mol. The average Bonchev–Trinajstić information content (AvgIpc) is 2.63. The van der Waals surface area contributed by atoms with Crippen LogP contribution in [-0.4, -0.2) is 13.7 Å². The van der Waals surface area contributed by atoms with E-state index in [1.165, 1.54) is 23.1 Å². The minimum absolute atomic E-state index is 0.561. The van der Waals surface area contributed by atoms with Crippen molar-refractivity contribution in [1.29, 1.82) is 0 Å². The number of halogens is 1. The summed E-state index contributed by atoms with van der Waals surface area (Å²) in [4.78, 5) is 4.16. The second kappa shape index (κ2) is 2.60. The van der Waals surface area contributed by atoms with Crippen LogP contribution in [0.5, 0.6) is 0 Å². The molecule has 0 bridgehead atoms. The lowest BCUT2D eigenvalue weighted by atomic mass is 10.3. The molecule has 0 aliphatic rings. The molecular formula is C7H2ClN3S2. The van der Waals surface area contributed by atoms with Crippen molar-refractivity contribution in [3.8, 4) is 0 Å². The van der Waals surface area contributed by atoms with Crippen molar-refractivity contribution in [2.24, 2.45) is 0 Å². The van der Waals surface area contributed by atoms with Crippen LogP contribution in [0.3, 0.4) is 0 Å². The van der Waals surface area contributed by atoms with E-state index in [4.69, 9.17) is 11.6 Å². The van der Waals surface area contributed by atoms with Crippen LogP contribution in [0.2, 0.25) is 4.47 Å². The van der Waals surface area contributed by atoms with E-state index in [1.807, 2.05) is 12.1 Å². The molecule has 0 saturated heterocycles. The first-order valence-electron chi connectivity index (χ1n) is 3.51. The van der Waals surface area contributed by atoms with E-state index in [1.54, 1.807) is 0 Å². The quantitative estimate of drug-likeness (QED) is 0.593. The van der Waals surface area contributed by atoms with Gasteiger partial charge in [0.05, 0.1) is 21.9 Å². The fourth-order valence-corrected chi connectivity index (χ4v) is 2.73. The molecule has 2 aromatic heterocycles. The van der Waals surface area contributed by atoms with Gasteiger partial charge >= 0.3 is 0 Å². The predicted molar refractivity (Wildman–Crippen MR) is 55.6 cm³/mol. The van der Waals surface area contributed by atoms with Crippen LogP contribution in [0.25, 0.3) is 21.3 Å². The number of fused-ring (bicyclic) bond motifs is 2. The van der Waals surface area contributed by atoms with Gasteiger partial charge in [-0.15, -0.1) is 11.3 Å². The number of aromatic nitrogens is 3. The van der Waals surface area contributed by atoms with E-state index in [0.29, 0.717) is 4.47 Å². The number of rotatable bonds is 0. The zero-order valence-electron chi connectivity index (χ0n) is 6.19. The van der Waals surface area contributed by atoms with E-state index in [9.17, 15) is 0 Å². The third kappa shape index (κ3) is 1.12. The molecule has 0 aliphatic heterocycles. The topological polar surface area (TPSA) is 38.7 Å². The summed E-state index contributed by atoms with van der Waals surface area (Å²) in [6, 6.07) is 3.88. The Hall–Kier alpha value is -0.780. The first-order valence-corrected chi connectivity index (χ1v) is 5.44. The molecule has 0 unspecified atom stereocenters. The summed E-state index contributed by atoms with van der Waals surface area (Å²) < 4.78 is 9.90. The molecular weight excluding hydrogens is 226 g/mol. The molecule has 64 valence electrons. The first-order chi connectivity index (χ1) is 6.33. The molecule has 13 heavy (non-hydrogen) atoms. The van der Waals surface area contributed by atoms with Crippen molar-refractivity contribution < 1.29 is 0 Å². The van der Waals surface area contributed by atoms with Gasteiger partial charge in [0.25, 0.3) is 0 Å². The van der Waals surface area contributed by atoms with Crippen LogP contribution in [-0.2, 0) is 0 Å². The molecule has 0 N–H and O–H groups in total. The molecule has 0 radical (unpaired) electrons. The first kappa shape index (κ1) is 7.61. The Balaban J connectivity index is 2.54. The lowest BCUT2D eigenvalue weighted by Crippen LogP contribution is -1.70. The maximum atomic E-state index is 5.79. The maximum absolute atomic E-state index is 5.79. The lowest BCUT2D eigenvalue weighted by Gasteiger charge is -1.85. The van der Waals surface area contributed by atoms with Crippen LogP contribution < -0.4 is 0 Å². The molecule has 3 aromatic rings. The van der Waals surface area contributed by atoms with Crippen molar-refractivity contribution in [3.63, 3.8) is 0 Å². The third-order valence-corrected chi connectivity index (χ3v) is 3.42. The normalized spacial score (nSPS) is 11.5. The number of thiazole rings is 1. The number of nitrogens with zero attached hydrogens (tertiary/aromatic N) is 3. The van der Waals surface area contributed by atoms with Gasteiger partial charge in [-0.25, -0.2) is 4.98 Å². The van der Waals surface area contributed by atoms with E-state index in [0.717, 1.165) is 21.3 Å². The Labute approximate surface area is 86.3 Å². The zero-order valence-corrected chi connectivity index (χ0v) is 8.58. The van der Waals surface area contributed by atoms with E-state index in [-0.39, 0.29) is 0 Å². The molecule has 0 atom stereocenters. The highest BCUT2D eigenvalue weighted by molar-refractivity contribution is 7.22. The predicted octanol–water partition coefficient (Wildman–Crippen LogP) is 2.95. The van der Waals surface area contributed by atoms with Crippen molar-refractivity contribution in [2.75, 3.05) is 0 Å². The summed E-state index contributed by atoms with van der Waals surface area (Å²) in [7, 11) is 0. The Bertz CT molecular complexity index is 537. The van der Waals surface area contributed by atoms with Crippen LogP contribution in [0.4, 0.5) is 0 Å². The van der Waals surface area contributed by atoms with Crippen LogP contribution in [0, 0.1) is 0 Å². The van der Waals surface area contributed by atoms with Gasteiger partial charge in [0.1, 0.15) is 11.0 Å². The molecule has 3 rings (SSSR count). The van der Waals surface area contributed by atoms with Crippen LogP contribution in [0.1, 0.15) is 0 Å². The van der Waals surface area contributed by atoms with E-state index >= 15 is 0 Å². The van der Waals surface area contributed by atoms with Crippen LogP contribution in [0.15, 0.2) is 12.1 Å². The van der Waals surface area contributed by atoms with Gasteiger partial charge in [-0.05, 0) is 12.1 Å². The SMILES string of the molecule is Clc1nc2cc3nsnc3cc2s1. The summed E-state index contributed by atoms with van der Waals surface area (Å²) in [6.07, 6.45) is 0. The van der Waals surface area contributed by atoms with Gasteiger partial charge in [-0.2, -0.15) is 8.75 Å². The van der Waals surface area contributed by atoms with Gasteiger partial charge in [0, 0.05) is 0 Å². The molecule has 0 amide bonds. The van der Waals surface area contributed by atoms with Crippen LogP contribution >= 0.6 is 34.7 Å². The highest BCUT2D eigenvalue weighted by atomic mass is 35.5. The van der Waals surface area contributed by atoms with Crippen molar-refractivity contribution in [1.82, 2.24) is 13.7 Å². The van der Waals surface area contributed by atoms with Crippen molar-refractivity contribution in [3.05, 3.63) is 16.6 Å². The molecule has 0 saturated carbocycles. The van der Waals surface area contributed by atoms with Crippen molar-refractivity contribution in [2.45, 2.75) is 0 Å². The number of benzene rings is 1. The molecule has 3 nitrogen and oxygen atoms in total. The summed E-state index contributed by atoms with van der Waals surface area (Å²) in [6.45, 7) is 0. The molecule has 0 aliphatic carbocycles. The monoisotopic (exact) mass is 227 g/mol. The minimum atomic E-state index is 0.561. The second-order valence-corrected chi connectivity index (χ2v) is 4.68. The molecule has 1 aromatic carbocycles. The Kier molecular flexibility index (Phi) is 1.52. The van der Waals surface area contributed by atoms with E-state index in [2.05, 4.69) is 13.7 Å². The van der Waals surface area contributed by atoms with Gasteiger partial charge in [0.2, 0.25) is 0 Å². The fourth-order valence-electron chi connectivity index (χ4n) is 1.18. The highest BCUT2D eigenvalue weighted by Gasteiger charge is 2.05. The fraction of sp³-hybridized carbons (Fsp3) is 0. The van der Waals surface area contributed by atoms with Gasteiger partial charge < -0.3 is 0 Å². The number of hydrogen-bond acceptors (Lipinski definition) is 5. The molecule has 6 heteroatoms. The molecule has 2 heterocycles. The zero-order chi connectivity index (χ0) is 8.84. The smallest absolute Gasteiger partial charge is 0.184 e. The molecule has 0 fully saturated rings. The standard InChI is InChI=1S/C7H2ClN3S2/c8-7-9-5-1-3-4(11-13-10-3)2-6(5)12-7/h1-2H. The minimum Gasteiger partial charge on any atom is -0.225 e. The summed E-state index contributed by atoms with van der Waals surface area (Å²) >= 11 is 8.47. The molecule has 0 spiro atoms. The Morgan fingerprint density at radius 2 is 1.85 bits per heavy atom. The Morgan fingerprint density at radius 1 is 1.08 bits per heavy atom. The third-order valence-electron chi connectivity index (χ3n) is 1.74. The highest BCUT2D eigenvalue weighted by Crippen LogP contribution is 2.28. The van der Waals surface area contributed by atoms with Gasteiger partial charge in [0.15, 0.2) is 4.47 Å². The van der Waals surface area contributed by atoms with E-state index < -0.39 is 0 Å². The second-order valence-electron chi connectivity index (χ2n) is 2.54. The summed E-state index contributed by atoms with van der Waals surface area (Å²) in [5.74, 6) is 0. The number of hydrogen-bond donors (Lipinski definition) is 0. The van der Waals surface area contributed by atoms with Gasteiger partial charge in [-0.1, -0.05) is 11.6 Å². The largest absolute Gasteiger partial charge is 0.225 e.